The maximum Gasteiger partial charge on any atom is 0.363 e. The SMILES string of the molecule is Cc1n[nH]c(=O)nc1N/N=C/c1ccc(Cl)cc1. The van der Waals surface area contributed by atoms with Crippen LogP contribution in [-0.4, -0.2) is 21.4 Å². The number of rotatable bonds is 3. The predicted molar refractivity (Wildman–Crippen MR) is 70.1 cm³/mol. The number of halogens is 1. The fourth-order valence-electron chi connectivity index (χ4n) is 1.21. The molecule has 0 atom stereocenters. The lowest BCUT2D eigenvalue weighted by molar-refractivity contribution is 0.879. The van der Waals surface area contributed by atoms with Gasteiger partial charge in [0.1, 0.15) is 5.69 Å². The van der Waals surface area contributed by atoms with Crippen molar-refractivity contribution in [3.63, 3.8) is 0 Å². The summed E-state index contributed by atoms with van der Waals surface area (Å²) in [4.78, 5) is 14.7. The molecule has 7 heteroatoms. The van der Waals surface area contributed by atoms with Crippen molar-refractivity contribution in [2.24, 2.45) is 5.10 Å². The maximum atomic E-state index is 11.0. The van der Waals surface area contributed by atoms with E-state index >= 15 is 0 Å². The van der Waals surface area contributed by atoms with Crippen molar-refractivity contribution in [1.82, 2.24) is 15.2 Å². The summed E-state index contributed by atoms with van der Waals surface area (Å²) in [6.07, 6.45) is 1.60. The zero-order valence-electron chi connectivity index (χ0n) is 9.51. The summed E-state index contributed by atoms with van der Waals surface area (Å²) in [7, 11) is 0. The highest BCUT2D eigenvalue weighted by molar-refractivity contribution is 6.30. The number of aromatic nitrogens is 3. The number of H-pyrrole nitrogens is 1. The molecule has 0 saturated heterocycles. The molecule has 1 aromatic heterocycles. The predicted octanol–water partition coefficient (Wildman–Crippen LogP) is 1.57. The van der Waals surface area contributed by atoms with Crippen LogP contribution < -0.4 is 11.1 Å². The number of hydrogen-bond donors (Lipinski definition) is 2. The molecule has 2 aromatic rings. The number of benzene rings is 1. The molecule has 1 aromatic carbocycles. The van der Waals surface area contributed by atoms with Crippen LogP contribution >= 0.6 is 11.6 Å². The smallest absolute Gasteiger partial charge is 0.260 e. The Morgan fingerprint density at radius 1 is 1.39 bits per heavy atom. The topological polar surface area (TPSA) is 83.0 Å². The molecule has 2 rings (SSSR count). The van der Waals surface area contributed by atoms with Gasteiger partial charge in [-0.1, -0.05) is 23.7 Å². The number of hydrogen-bond acceptors (Lipinski definition) is 5. The quantitative estimate of drug-likeness (QED) is 0.650. The molecule has 0 bridgehead atoms. The van der Waals surface area contributed by atoms with E-state index in [4.69, 9.17) is 11.6 Å². The lowest BCUT2D eigenvalue weighted by Gasteiger charge is -2.00. The average molecular weight is 264 g/mol. The van der Waals surface area contributed by atoms with Gasteiger partial charge in [-0.2, -0.15) is 15.2 Å². The van der Waals surface area contributed by atoms with E-state index in [9.17, 15) is 4.79 Å². The van der Waals surface area contributed by atoms with Crippen molar-refractivity contribution in [3.8, 4) is 0 Å². The van der Waals surface area contributed by atoms with E-state index in [1.807, 2.05) is 12.1 Å². The van der Waals surface area contributed by atoms with Gasteiger partial charge in [0.2, 0.25) is 0 Å². The van der Waals surface area contributed by atoms with Crippen molar-refractivity contribution in [1.29, 1.82) is 0 Å². The largest absolute Gasteiger partial charge is 0.363 e. The molecule has 0 aliphatic rings. The normalized spacial score (nSPS) is 10.8. The van der Waals surface area contributed by atoms with Crippen LogP contribution in [0.5, 0.6) is 0 Å². The summed E-state index contributed by atoms with van der Waals surface area (Å²) in [5.41, 5.74) is 3.57. The second-order valence-corrected chi connectivity index (χ2v) is 3.93. The fraction of sp³-hybridized carbons (Fsp3) is 0.0909. The van der Waals surface area contributed by atoms with E-state index in [0.29, 0.717) is 16.5 Å². The standard InChI is InChI=1S/C11H10ClN5O/c1-7-10(14-11(18)17-15-7)16-13-6-8-2-4-9(12)5-3-8/h2-6H,1H3,(H2,14,16,17,18)/b13-6+. The van der Waals surface area contributed by atoms with Crippen molar-refractivity contribution in [2.45, 2.75) is 6.92 Å². The summed E-state index contributed by atoms with van der Waals surface area (Å²) < 4.78 is 0. The second kappa shape index (κ2) is 5.42. The lowest BCUT2D eigenvalue weighted by Crippen LogP contribution is -2.15. The average Bonchev–Trinajstić information content (AvgIpc) is 2.36. The summed E-state index contributed by atoms with van der Waals surface area (Å²) in [6.45, 7) is 1.71. The van der Waals surface area contributed by atoms with E-state index in [1.54, 1.807) is 25.3 Å². The van der Waals surface area contributed by atoms with Crippen LogP contribution in [0.25, 0.3) is 0 Å². The molecule has 0 spiro atoms. The molecule has 92 valence electrons. The Hall–Kier alpha value is -2.21. The van der Waals surface area contributed by atoms with Crippen molar-refractivity contribution >= 4 is 23.6 Å². The van der Waals surface area contributed by atoms with Crippen LogP contribution in [0, 0.1) is 6.92 Å². The molecule has 18 heavy (non-hydrogen) atoms. The fourth-order valence-corrected chi connectivity index (χ4v) is 1.34. The van der Waals surface area contributed by atoms with E-state index < -0.39 is 5.69 Å². The third-order valence-corrected chi connectivity index (χ3v) is 2.38. The molecule has 6 nitrogen and oxygen atoms in total. The summed E-state index contributed by atoms with van der Waals surface area (Å²) in [5, 5.41) is 10.6. The van der Waals surface area contributed by atoms with Gasteiger partial charge in [-0.05, 0) is 24.6 Å². The van der Waals surface area contributed by atoms with Crippen LogP contribution in [0.15, 0.2) is 34.2 Å². The van der Waals surface area contributed by atoms with E-state index in [-0.39, 0.29) is 0 Å². The van der Waals surface area contributed by atoms with Gasteiger partial charge in [-0.25, -0.2) is 9.89 Å². The van der Waals surface area contributed by atoms with Gasteiger partial charge in [0.15, 0.2) is 5.82 Å². The third kappa shape index (κ3) is 3.14. The van der Waals surface area contributed by atoms with E-state index in [0.717, 1.165) is 5.56 Å². The van der Waals surface area contributed by atoms with Gasteiger partial charge in [-0.15, -0.1) is 0 Å². The van der Waals surface area contributed by atoms with Crippen molar-refractivity contribution in [3.05, 3.63) is 51.0 Å². The van der Waals surface area contributed by atoms with Gasteiger partial charge in [0.05, 0.1) is 6.21 Å². The molecule has 2 N–H and O–H groups in total. The molecule has 1 heterocycles. The van der Waals surface area contributed by atoms with Crippen LogP contribution in [0.3, 0.4) is 0 Å². The van der Waals surface area contributed by atoms with Gasteiger partial charge in [-0.3, -0.25) is 5.43 Å². The highest BCUT2D eigenvalue weighted by Crippen LogP contribution is 2.08. The minimum atomic E-state index is -0.523. The van der Waals surface area contributed by atoms with Gasteiger partial charge in [0.25, 0.3) is 0 Å². The Bertz CT molecular complexity index is 620. The first kappa shape index (κ1) is 12.3. The number of nitrogens with zero attached hydrogens (tertiary/aromatic N) is 3. The number of hydrazone groups is 1. The van der Waals surface area contributed by atoms with Crippen molar-refractivity contribution in [2.75, 3.05) is 5.43 Å². The lowest BCUT2D eigenvalue weighted by atomic mass is 10.2. The zero-order valence-corrected chi connectivity index (χ0v) is 10.3. The Kier molecular flexibility index (Phi) is 3.69. The number of nitrogens with one attached hydrogen (secondary N) is 2. The number of anilines is 1. The van der Waals surface area contributed by atoms with Crippen LogP contribution in [-0.2, 0) is 0 Å². The second-order valence-electron chi connectivity index (χ2n) is 3.50. The van der Waals surface area contributed by atoms with Crippen LogP contribution in [0.4, 0.5) is 5.82 Å². The first-order valence-electron chi connectivity index (χ1n) is 5.13. The minimum Gasteiger partial charge on any atom is -0.260 e. The molecule has 0 unspecified atom stereocenters. The molecule has 0 saturated carbocycles. The third-order valence-electron chi connectivity index (χ3n) is 2.13. The Labute approximate surface area is 108 Å². The monoisotopic (exact) mass is 263 g/mol. The first-order valence-corrected chi connectivity index (χ1v) is 5.51. The Morgan fingerprint density at radius 2 is 2.11 bits per heavy atom. The number of aryl methyl sites for hydroxylation is 1. The highest BCUT2D eigenvalue weighted by Gasteiger charge is 1.99. The van der Waals surface area contributed by atoms with E-state index in [1.165, 1.54) is 0 Å². The van der Waals surface area contributed by atoms with Crippen molar-refractivity contribution < 1.29 is 0 Å². The van der Waals surface area contributed by atoms with Crippen LogP contribution in [0.2, 0.25) is 5.02 Å². The minimum absolute atomic E-state index is 0.323. The Morgan fingerprint density at radius 3 is 2.83 bits per heavy atom. The maximum absolute atomic E-state index is 11.0. The molecule has 0 radical (unpaired) electrons. The number of aromatic amines is 1. The zero-order chi connectivity index (χ0) is 13.0. The molecule has 0 aliphatic heterocycles. The molecular formula is C11H10ClN5O. The molecular weight excluding hydrogens is 254 g/mol. The van der Waals surface area contributed by atoms with Crippen LogP contribution in [0.1, 0.15) is 11.3 Å². The van der Waals surface area contributed by atoms with Gasteiger partial charge in [0, 0.05) is 5.02 Å². The molecule has 0 fully saturated rings. The summed E-state index contributed by atoms with van der Waals surface area (Å²) in [6, 6.07) is 7.18. The van der Waals surface area contributed by atoms with Gasteiger partial charge < -0.3 is 0 Å². The molecule has 0 aliphatic carbocycles. The van der Waals surface area contributed by atoms with E-state index in [2.05, 4.69) is 25.7 Å². The Balaban J connectivity index is 2.09. The highest BCUT2D eigenvalue weighted by atomic mass is 35.5. The summed E-state index contributed by atoms with van der Waals surface area (Å²) in [5.74, 6) is 0.323. The molecule has 0 amide bonds. The first-order chi connectivity index (χ1) is 8.65. The van der Waals surface area contributed by atoms with Gasteiger partial charge >= 0.3 is 5.69 Å². The summed E-state index contributed by atoms with van der Waals surface area (Å²) >= 11 is 5.76.